The van der Waals surface area contributed by atoms with Crippen LogP contribution in [-0.4, -0.2) is 35.4 Å². The summed E-state index contributed by atoms with van der Waals surface area (Å²) in [5, 5.41) is 7.65. The number of hydrogen-bond acceptors (Lipinski definition) is 4. The Labute approximate surface area is 176 Å². The molecule has 1 aromatic heterocycles. The fourth-order valence-corrected chi connectivity index (χ4v) is 3.34. The van der Waals surface area contributed by atoms with Crippen molar-refractivity contribution in [2.45, 2.75) is 18.9 Å². The Morgan fingerprint density at radius 1 is 1.21 bits per heavy atom. The summed E-state index contributed by atoms with van der Waals surface area (Å²) in [4.78, 5) is 12.8. The van der Waals surface area contributed by atoms with Gasteiger partial charge in [-0.3, -0.25) is 4.79 Å². The van der Waals surface area contributed by atoms with Crippen LogP contribution in [0, 0.1) is 5.92 Å². The monoisotopic (exact) mass is 412 g/mol. The van der Waals surface area contributed by atoms with E-state index in [2.05, 4.69) is 10.4 Å². The number of nitrogens with zero attached hydrogens (tertiary/aromatic N) is 2. The summed E-state index contributed by atoms with van der Waals surface area (Å²) >= 11 is 0. The van der Waals surface area contributed by atoms with Gasteiger partial charge in [-0.2, -0.15) is 5.10 Å². The second kappa shape index (κ2) is 9.11. The molecule has 1 fully saturated rings. The van der Waals surface area contributed by atoms with Gasteiger partial charge in [0.25, 0.3) is 5.91 Å². The summed E-state index contributed by atoms with van der Waals surface area (Å²) in [5.74, 6) is 1.08. The molecule has 6 nitrogen and oxygen atoms in total. The van der Waals surface area contributed by atoms with Gasteiger partial charge in [0.1, 0.15) is 5.75 Å². The molecule has 3 N–H and O–H groups in total. The number of nitrogens with one attached hydrogen (secondary N) is 1. The normalized spacial score (nSPS) is 14.0. The molecule has 1 amide bonds. The summed E-state index contributed by atoms with van der Waals surface area (Å²) in [6.45, 7) is 0.446. The fourth-order valence-electron chi connectivity index (χ4n) is 3.34. The van der Waals surface area contributed by atoms with Crippen LogP contribution in [0.3, 0.4) is 0 Å². The largest absolute Gasteiger partial charge is 0.497 e. The van der Waals surface area contributed by atoms with Crippen molar-refractivity contribution in [3.8, 4) is 22.7 Å². The highest BCUT2D eigenvalue weighted by molar-refractivity contribution is 5.94. The van der Waals surface area contributed by atoms with Crippen molar-refractivity contribution in [3.63, 3.8) is 0 Å². The molecule has 0 spiro atoms. The maximum absolute atomic E-state index is 12.8. The predicted molar refractivity (Wildman–Crippen MR) is 116 cm³/mol. The molecule has 0 aliphatic heterocycles. The van der Waals surface area contributed by atoms with E-state index >= 15 is 0 Å². The average Bonchev–Trinajstić information content (AvgIpc) is 3.50. The van der Waals surface area contributed by atoms with Gasteiger partial charge in [0, 0.05) is 18.2 Å². The minimum absolute atomic E-state index is 0. The number of ether oxygens (including phenoxy) is 1. The molecular formula is C22H25ClN4O2. The van der Waals surface area contributed by atoms with Crippen LogP contribution in [0.5, 0.6) is 5.75 Å². The number of nitrogens with two attached hydrogens (primary N) is 1. The lowest BCUT2D eigenvalue weighted by Gasteiger charge is -2.14. The minimum Gasteiger partial charge on any atom is -0.497 e. The lowest BCUT2D eigenvalue weighted by molar-refractivity contribution is 0.0928. The van der Waals surface area contributed by atoms with Crippen molar-refractivity contribution in [2.75, 3.05) is 13.7 Å². The highest BCUT2D eigenvalue weighted by Crippen LogP contribution is 2.32. The van der Waals surface area contributed by atoms with Crippen molar-refractivity contribution in [2.24, 2.45) is 11.7 Å². The van der Waals surface area contributed by atoms with E-state index in [1.165, 1.54) is 0 Å². The van der Waals surface area contributed by atoms with E-state index in [4.69, 9.17) is 10.5 Å². The first-order valence-electron chi connectivity index (χ1n) is 9.50. The molecule has 1 atom stereocenters. The first-order chi connectivity index (χ1) is 13.7. The molecule has 29 heavy (non-hydrogen) atoms. The summed E-state index contributed by atoms with van der Waals surface area (Å²) in [5.41, 5.74) is 8.90. The molecule has 152 valence electrons. The van der Waals surface area contributed by atoms with E-state index in [9.17, 15) is 4.79 Å². The quantitative estimate of drug-likeness (QED) is 0.622. The van der Waals surface area contributed by atoms with Gasteiger partial charge in [0.2, 0.25) is 0 Å². The Hall–Kier alpha value is -2.83. The highest BCUT2D eigenvalue weighted by atomic mass is 35.5. The second-order valence-corrected chi connectivity index (χ2v) is 7.04. The van der Waals surface area contributed by atoms with Crippen LogP contribution < -0.4 is 15.8 Å². The summed E-state index contributed by atoms with van der Waals surface area (Å²) in [6, 6.07) is 19.3. The van der Waals surface area contributed by atoms with Crippen LogP contribution in [0.15, 0.2) is 60.7 Å². The molecule has 1 aliphatic rings. The smallest absolute Gasteiger partial charge is 0.272 e. The Morgan fingerprint density at radius 2 is 1.90 bits per heavy atom. The lowest BCUT2D eigenvalue weighted by Crippen LogP contribution is -2.41. The van der Waals surface area contributed by atoms with Gasteiger partial charge < -0.3 is 15.8 Å². The second-order valence-electron chi connectivity index (χ2n) is 7.04. The third kappa shape index (κ3) is 4.60. The van der Waals surface area contributed by atoms with E-state index in [1.807, 2.05) is 60.7 Å². The SMILES string of the molecule is COc1ccc(-c2cc(C(=O)NC(CN)C3CC3)nn2-c2ccccc2)cc1.Cl. The van der Waals surface area contributed by atoms with Crippen molar-refractivity contribution >= 4 is 18.3 Å². The number of carbonyl (C=O) groups is 1. The van der Waals surface area contributed by atoms with Gasteiger partial charge in [0.05, 0.1) is 18.5 Å². The zero-order valence-electron chi connectivity index (χ0n) is 16.2. The first kappa shape index (κ1) is 20.9. The molecule has 4 rings (SSSR count). The van der Waals surface area contributed by atoms with Crippen molar-refractivity contribution in [1.82, 2.24) is 15.1 Å². The van der Waals surface area contributed by atoms with E-state index in [-0.39, 0.29) is 24.4 Å². The lowest BCUT2D eigenvalue weighted by atomic mass is 10.1. The third-order valence-corrected chi connectivity index (χ3v) is 5.09. The Bertz CT molecular complexity index is 953. The number of halogens is 1. The Kier molecular flexibility index (Phi) is 6.56. The molecule has 7 heteroatoms. The highest BCUT2D eigenvalue weighted by Gasteiger charge is 2.32. The Morgan fingerprint density at radius 3 is 2.48 bits per heavy atom. The molecule has 2 aromatic carbocycles. The van der Waals surface area contributed by atoms with Crippen LogP contribution >= 0.6 is 12.4 Å². The molecule has 1 unspecified atom stereocenters. The molecule has 0 bridgehead atoms. The number of para-hydroxylation sites is 1. The Balaban J connectivity index is 0.00000240. The summed E-state index contributed by atoms with van der Waals surface area (Å²) in [6.07, 6.45) is 2.25. The topological polar surface area (TPSA) is 82.2 Å². The van der Waals surface area contributed by atoms with E-state index in [1.54, 1.807) is 11.8 Å². The van der Waals surface area contributed by atoms with E-state index in [0.29, 0.717) is 18.2 Å². The van der Waals surface area contributed by atoms with E-state index < -0.39 is 0 Å². The zero-order chi connectivity index (χ0) is 19.5. The van der Waals surface area contributed by atoms with Gasteiger partial charge in [-0.25, -0.2) is 4.68 Å². The van der Waals surface area contributed by atoms with Gasteiger partial charge in [0.15, 0.2) is 5.69 Å². The molecule has 0 radical (unpaired) electrons. The number of rotatable bonds is 7. The first-order valence-corrected chi connectivity index (χ1v) is 9.50. The fraction of sp³-hybridized carbons (Fsp3) is 0.273. The number of methoxy groups -OCH3 is 1. The maximum atomic E-state index is 12.8. The molecule has 1 heterocycles. The number of hydrogen-bond donors (Lipinski definition) is 2. The van der Waals surface area contributed by atoms with E-state index in [0.717, 1.165) is 35.5 Å². The van der Waals surface area contributed by atoms with Crippen LogP contribution in [0.25, 0.3) is 16.9 Å². The summed E-state index contributed by atoms with van der Waals surface area (Å²) in [7, 11) is 1.64. The zero-order valence-corrected chi connectivity index (χ0v) is 17.1. The number of amides is 1. The predicted octanol–water partition coefficient (Wildman–Crippen LogP) is 3.44. The average molecular weight is 413 g/mol. The van der Waals surface area contributed by atoms with Gasteiger partial charge in [-0.05, 0) is 61.2 Å². The van der Waals surface area contributed by atoms with Crippen molar-refractivity contribution < 1.29 is 9.53 Å². The number of benzene rings is 2. The molecule has 3 aromatic rings. The standard InChI is InChI=1S/C22H24N4O2.ClH/c1-28-18-11-9-16(10-12-18)21-13-19(22(27)24-20(14-23)15-7-8-15)25-26(21)17-5-3-2-4-6-17;/h2-6,9-13,15,20H,7-8,14,23H2,1H3,(H,24,27);1H. The van der Waals surface area contributed by atoms with Gasteiger partial charge >= 0.3 is 0 Å². The summed E-state index contributed by atoms with van der Waals surface area (Å²) < 4.78 is 7.05. The van der Waals surface area contributed by atoms with Crippen LogP contribution in [0.2, 0.25) is 0 Å². The van der Waals surface area contributed by atoms with Crippen molar-refractivity contribution in [3.05, 3.63) is 66.4 Å². The van der Waals surface area contributed by atoms with Crippen LogP contribution in [-0.2, 0) is 0 Å². The van der Waals surface area contributed by atoms with Gasteiger partial charge in [-0.1, -0.05) is 18.2 Å². The molecule has 1 aliphatic carbocycles. The van der Waals surface area contributed by atoms with Crippen LogP contribution in [0.4, 0.5) is 0 Å². The molecule has 1 saturated carbocycles. The van der Waals surface area contributed by atoms with Crippen LogP contribution in [0.1, 0.15) is 23.3 Å². The molecular weight excluding hydrogens is 388 g/mol. The third-order valence-electron chi connectivity index (χ3n) is 5.09. The maximum Gasteiger partial charge on any atom is 0.272 e. The minimum atomic E-state index is -0.188. The number of carbonyl (C=O) groups excluding carboxylic acids is 1. The van der Waals surface area contributed by atoms with Gasteiger partial charge in [-0.15, -0.1) is 12.4 Å². The molecule has 0 saturated heterocycles. The van der Waals surface area contributed by atoms with Crippen molar-refractivity contribution in [1.29, 1.82) is 0 Å². The number of aromatic nitrogens is 2.